The topological polar surface area (TPSA) is 149 Å². The Kier molecular flexibility index (Phi) is 9.65. The molecule has 3 aromatic rings. The Bertz CT molecular complexity index is 1590. The van der Waals surface area contributed by atoms with Crippen molar-refractivity contribution in [1.82, 2.24) is 15.2 Å². The van der Waals surface area contributed by atoms with E-state index in [1.54, 1.807) is 18.2 Å². The Labute approximate surface area is 258 Å². The summed E-state index contributed by atoms with van der Waals surface area (Å²) in [6.45, 7) is 3.92. The Morgan fingerprint density at radius 3 is 2.39 bits per heavy atom. The lowest BCUT2D eigenvalue weighted by Gasteiger charge is -2.32. The molecule has 4 rings (SSSR count). The molecule has 0 spiro atoms. The summed E-state index contributed by atoms with van der Waals surface area (Å²) in [5.74, 6) is -4.48. The first kappa shape index (κ1) is 34.2. The molecule has 248 valence electrons. The molecular formula is C29H29F6N5O6. The van der Waals surface area contributed by atoms with Crippen LogP contribution >= 0.6 is 0 Å². The first-order chi connectivity index (χ1) is 21.4. The van der Waals surface area contributed by atoms with Crippen LogP contribution in [0.25, 0.3) is 11.6 Å². The molecule has 17 heteroatoms. The van der Waals surface area contributed by atoms with Crippen molar-refractivity contribution < 1.29 is 54.9 Å². The van der Waals surface area contributed by atoms with Gasteiger partial charge in [0.15, 0.2) is 5.69 Å². The second kappa shape index (κ2) is 13.0. The number of anilines is 2. The minimum atomic E-state index is -5.15. The summed E-state index contributed by atoms with van der Waals surface area (Å²) in [6.07, 6.45) is -10.6. The number of alkyl halides is 6. The van der Waals surface area contributed by atoms with Crippen molar-refractivity contribution in [3.63, 3.8) is 0 Å². The van der Waals surface area contributed by atoms with Crippen molar-refractivity contribution in [3.8, 4) is 11.6 Å². The Morgan fingerprint density at radius 2 is 1.78 bits per heavy atom. The maximum Gasteiger partial charge on any atom is 0.426 e. The van der Waals surface area contributed by atoms with Gasteiger partial charge in [0, 0.05) is 0 Å². The first-order valence-corrected chi connectivity index (χ1v) is 13.8. The number of allylic oxidation sites excluding steroid dienone is 1. The summed E-state index contributed by atoms with van der Waals surface area (Å²) in [7, 11) is 0. The largest absolute Gasteiger partial charge is 0.480 e. The molecule has 1 aromatic carbocycles. The molecule has 2 atom stereocenters. The third kappa shape index (κ3) is 7.94. The Morgan fingerprint density at radius 1 is 1.09 bits per heavy atom. The van der Waals surface area contributed by atoms with Crippen molar-refractivity contribution in [2.24, 2.45) is 0 Å². The standard InChI is InChI=1S/C29H29F6N5O6/c1-26(2,3)46-25(43)37-19-14-17(28(30,31)32)21-36-18(23(41)42)12-8-5-9-13-27(29(33,34)35,44-15-16-10-6-4-7-11-16)24-40-39-22(45-24)20(19)38-21/h4-8,10-11,14,18H,9,12-13,15H2,1-3H3,(H,36,38)(H,37,43)(H,41,42)/t18?,27-/m1/s1. The van der Waals surface area contributed by atoms with E-state index >= 15 is 0 Å². The SMILES string of the molecule is CC(C)(C)OC(=O)Nc1cc(C(F)(F)F)c2nc1-c1nnc(o1)[C@@](OCc1ccccc1)(C(F)(F)F)CCC=CCC(C(=O)O)N2. The number of aromatic nitrogens is 3. The highest BCUT2D eigenvalue weighted by Crippen LogP contribution is 2.47. The number of carboxylic acid groups (broad SMARTS) is 1. The van der Waals surface area contributed by atoms with Gasteiger partial charge in [0.05, 0.1) is 17.9 Å². The average Bonchev–Trinajstić information content (AvgIpc) is 3.42. The minimum Gasteiger partial charge on any atom is -0.480 e. The number of nitrogens with zero attached hydrogens (tertiary/aromatic N) is 3. The molecule has 11 nitrogen and oxygen atoms in total. The zero-order chi connectivity index (χ0) is 33.9. The van der Waals surface area contributed by atoms with Gasteiger partial charge in [-0.2, -0.15) is 26.3 Å². The summed E-state index contributed by atoms with van der Waals surface area (Å²) in [5.41, 5.74) is -6.84. The van der Waals surface area contributed by atoms with Gasteiger partial charge in [0.1, 0.15) is 17.5 Å². The Hall–Kier alpha value is -4.67. The first-order valence-electron chi connectivity index (χ1n) is 13.8. The highest BCUT2D eigenvalue weighted by atomic mass is 19.4. The summed E-state index contributed by atoms with van der Waals surface area (Å²) in [6, 6.07) is 6.64. The van der Waals surface area contributed by atoms with Crippen LogP contribution in [0, 0.1) is 0 Å². The van der Waals surface area contributed by atoms with Gasteiger partial charge in [-0.15, -0.1) is 10.2 Å². The molecule has 1 aliphatic rings. The van der Waals surface area contributed by atoms with Crippen LogP contribution in [0.15, 0.2) is 53.0 Å². The summed E-state index contributed by atoms with van der Waals surface area (Å²) in [5, 5.41) is 21.3. The number of hydrogen-bond acceptors (Lipinski definition) is 9. The number of carbonyl (C=O) groups is 2. The third-order valence-corrected chi connectivity index (χ3v) is 6.53. The highest BCUT2D eigenvalue weighted by molar-refractivity contribution is 5.90. The van der Waals surface area contributed by atoms with E-state index in [1.165, 1.54) is 45.1 Å². The van der Waals surface area contributed by atoms with E-state index in [4.69, 9.17) is 13.9 Å². The van der Waals surface area contributed by atoms with Crippen LogP contribution in [0.1, 0.15) is 57.1 Å². The smallest absolute Gasteiger partial charge is 0.426 e. The van der Waals surface area contributed by atoms with Crippen LogP contribution in [0.3, 0.4) is 0 Å². The lowest BCUT2D eigenvalue weighted by atomic mass is 9.95. The number of ether oxygens (including phenoxy) is 2. The van der Waals surface area contributed by atoms with Gasteiger partial charge in [-0.25, -0.2) is 14.6 Å². The molecule has 0 fully saturated rings. The zero-order valence-corrected chi connectivity index (χ0v) is 24.6. The average molecular weight is 658 g/mol. The van der Waals surface area contributed by atoms with Crippen molar-refractivity contribution >= 4 is 23.6 Å². The van der Waals surface area contributed by atoms with Gasteiger partial charge in [-0.1, -0.05) is 42.5 Å². The number of benzene rings is 1. The molecule has 1 aliphatic heterocycles. The van der Waals surface area contributed by atoms with Gasteiger partial charge in [0.2, 0.25) is 5.60 Å². The molecule has 0 aliphatic carbocycles. The number of pyridine rings is 1. The van der Waals surface area contributed by atoms with Crippen LogP contribution in [-0.2, 0) is 32.7 Å². The van der Waals surface area contributed by atoms with Crippen molar-refractivity contribution in [2.75, 3.05) is 10.6 Å². The second-order valence-corrected chi connectivity index (χ2v) is 11.2. The molecule has 1 unspecified atom stereocenters. The predicted octanol–water partition coefficient (Wildman–Crippen LogP) is 7.08. The van der Waals surface area contributed by atoms with Crippen molar-refractivity contribution in [1.29, 1.82) is 0 Å². The number of fused-ring (bicyclic) bond motifs is 5. The number of nitrogens with one attached hydrogen (secondary N) is 2. The number of rotatable bonds is 5. The number of carboxylic acids is 1. The fourth-order valence-electron chi connectivity index (χ4n) is 4.38. The summed E-state index contributed by atoms with van der Waals surface area (Å²) >= 11 is 0. The minimum absolute atomic E-state index is 0.332. The maximum atomic E-state index is 14.9. The van der Waals surface area contributed by atoms with E-state index in [9.17, 15) is 41.0 Å². The number of aliphatic carboxylic acids is 1. The van der Waals surface area contributed by atoms with E-state index in [-0.39, 0.29) is 6.42 Å². The summed E-state index contributed by atoms with van der Waals surface area (Å²) < 4.78 is 104. The number of carbonyl (C=O) groups excluding carboxylic acids is 1. The van der Waals surface area contributed by atoms with Crippen molar-refractivity contribution in [2.45, 2.75) is 76.2 Å². The number of amides is 1. The lowest BCUT2D eigenvalue weighted by molar-refractivity contribution is -0.299. The summed E-state index contributed by atoms with van der Waals surface area (Å²) in [4.78, 5) is 28.4. The molecule has 1 amide bonds. The van der Waals surface area contributed by atoms with Crippen LogP contribution in [0.2, 0.25) is 0 Å². The molecular weight excluding hydrogens is 628 g/mol. The van der Waals surface area contributed by atoms with E-state index < -0.39 is 95.7 Å². The molecule has 3 heterocycles. The van der Waals surface area contributed by atoms with Crippen LogP contribution in [-0.4, -0.2) is 50.2 Å². The maximum absolute atomic E-state index is 14.9. The normalized spacial score (nSPS) is 19.1. The van der Waals surface area contributed by atoms with Gasteiger partial charge in [-0.05, 0) is 51.7 Å². The lowest BCUT2D eigenvalue weighted by Crippen LogP contribution is -2.45. The fraction of sp³-hybridized carbons (Fsp3) is 0.414. The quantitative estimate of drug-likeness (QED) is 0.192. The van der Waals surface area contributed by atoms with E-state index in [0.29, 0.717) is 11.6 Å². The monoisotopic (exact) mass is 657 g/mol. The van der Waals surface area contributed by atoms with Crippen LogP contribution in [0.4, 0.5) is 42.6 Å². The van der Waals surface area contributed by atoms with E-state index in [1.807, 2.05) is 0 Å². The highest BCUT2D eigenvalue weighted by Gasteiger charge is 2.61. The van der Waals surface area contributed by atoms with Gasteiger partial charge >= 0.3 is 24.4 Å². The molecule has 0 radical (unpaired) electrons. The van der Waals surface area contributed by atoms with Crippen LogP contribution < -0.4 is 10.6 Å². The zero-order valence-electron chi connectivity index (χ0n) is 24.6. The molecule has 3 N–H and O–H groups in total. The van der Waals surface area contributed by atoms with Crippen LogP contribution in [0.5, 0.6) is 0 Å². The molecule has 0 saturated carbocycles. The van der Waals surface area contributed by atoms with Gasteiger partial charge in [0.25, 0.3) is 11.8 Å². The molecule has 2 aromatic heterocycles. The molecule has 4 bridgehead atoms. The number of halogens is 6. The van der Waals surface area contributed by atoms with Gasteiger partial charge in [-0.3, -0.25) is 5.32 Å². The molecule has 0 saturated heterocycles. The van der Waals surface area contributed by atoms with Gasteiger partial charge < -0.3 is 24.3 Å². The van der Waals surface area contributed by atoms with E-state index in [2.05, 4.69) is 25.8 Å². The van der Waals surface area contributed by atoms with E-state index in [0.717, 1.165) is 0 Å². The predicted molar refractivity (Wildman–Crippen MR) is 149 cm³/mol. The third-order valence-electron chi connectivity index (χ3n) is 6.53. The Balaban J connectivity index is 1.94. The second-order valence-electron chi connectivity index (χ2n) is 11.2. The fourth-order valence-corrected chi connectivity index (χ4v) is 4.38. The molecule has 46 heavy (non-hydrogen) atoms. The number of hydrogen-bond donors (Lipinski definition) is 3. The van der Waals surface area contributed by atoms with Crippen molar-refractivity contribution in [3.05, 3.63) is 65.6 Å².